The van der Waals surface area contributed by atoms with Crippen LogP contribution in [0, 0.1) is 5.41 Å². The van der Waals surface area contributed by atoms with E-state index in [4.69, 9.17) is 25.3 Å². The summed E-state index contributed by atoms with van der Waals surface area (Å²) < 4.78 is 62.0. The Kier molecular flexibility index (Phi) is 18.0. The second-order valence-corrected chi connectivity index (χ2v) is 18.4. The maximum absolute atomic E-state index is 12.7. The normalized spacial score (nSPS) is 21.8. The lowest BCUT2D eigenvalue weighted by atomic mass is 9.87. The number of anilines is 1. The molecule has 3 heterocycles. The number of rotatable bonds is 24. The van der Waals surface area contributed by atoms with Crippen molar-refractivity contribution in [3.05, 3.63) is 12.7 Å². The molecule has 0 spiro atoms. The Morgan fingerprint density at radius 2 is 1.71 bits per heavy atom. The summed E-state index contributed by atoms with van der Waals surface area (Å²) in [5.41, 5.74) is 9.47. The molecule has 1 aliphatic heterocycles. The summed E-state index contributed by atoms with van der Waals surface area (Å²) in [4.78, 5) is 99.2. The number of aliphatic hydroxyl groups is 3. The highest BCUT2D eigenvalue weighted by atomic mass is 32.2. The SMILES string of the molecule is CC(C)(COP(=O)(O)OP(=O)(O)OC[C@H]1O[C@@H](n2cnc3c(N)ncnc32)[C@H](O)[C@@H]1OP(=O)(O)O)[C@@H](O)C(=O)NCCC(=O)NCCSC(=O)C(=O)CC(O)CCN. The summed E-state index contributed by atoms with van der Waals surface area (Å²) in [5, 5.41) is 35.0. The third-order valence-corrected chi connectivity index (χ3v) is 11.9. The number of phosphoric acid groups is 3. The lowest BCUT2D eigenvalue weighted by Crippen LogP contribution is -2.46. The zero-order valence-corrected chi connectivity index (χ0v) is 34.2. The number of hydrogen-bond donors (Lipinski definition) is 11. The second kappa shape index (κ2) is 21.1. The molecular weight excluding hydrogens is 865 g/mol. The minimum atomic E-state index is -5.60. The van der Waals surface area contributed by atoms with Crippen LogP contribution in [0.3, 0.4) is 0 Å². The number of carbonyl (C=O) groups excluding carboxylic acids is 4. The lowest BCUT2D eigenvalue weighted by Gasteiger charge is -2.30. The van der Waals surface area contributed by atoms with Crippen LogP contribution >= 0.6 is 35.2 Å². The number of hydrogen-bond acceptors (Lipinski definition) is 21. The molecule has 8 atom stereocenters. The Labute approximate surface area is 333 Å². The summed E-state index contributed by atoms with van der Waals surface area (Å²) in [7, 11) is -16.5. The number of imidazole rings is 1. The van der Waals surface area contributed by atoms with Gasteiger partial charge in [0.05, 0.1) is 25.6 Å². The fourth-order valence-corrected chi connectivity index (χ4v) is 8.41. The molecule has 0 radical (unpaired) electrons. The van der Waals surface area contributed by atoms with Gasteiger partial charge in [-0.25, -0.2) is 28.6 Å². The summed E-state index contributed by atoms with van der Waals surface area (Å²) in [5.74, 6) is -2.39. The average Bonchev–Trinajstić information content (AvgIpc) is 3.68. The number of Topliss-reactive ketones (excluding diaryl/α,β-unsaturated/α-hetero) is 1. The number of aliphatic hydroxyl groups excluding tert-OH is 3. The predicted molar refractivity (Wildman–Crippen MR) is 196 cm³/mol. The van der Waals surface area contributed by atoms with E-state index in [0.29, 0.717) is 11.8 Å². The molecule has 2 amide bonds. The Balaban J connectivity index is 1.46. The molecule has 0 bridgehead atoms. The van der Waals surface area contributed by atoms with Gasteiger partial charge in [-0.3, -0.25) is 37.3 Å². The number of nitrogens with one attached hydrogen (secondary N) is 2. The number of phosphoric ester groups is 3. The summed E-state index contributed by atoms with van der Waals surface area (Å²) in [6.07, 6.45) is -8.41. The van der Waals surface area contributed by atoms with Gasteiger partial charge in [-0.05, 0) is 13.0 Å². The van der Waals surface area contributed by atoms with Gasteiger partial charge in [0, 0.05) is 37.1 Å². The van der Waals surface area contributed by atoms with E-state index in [1.165, 1.54) is 13.8 Å². The third-order valence-electron chi connectivity index (χ3n) is 7.88. The molecule has 0 saturated carbocycles. The molecule has 0 aromatic carbocycles. The highest BCUT2D eigenvalue weighted by molar-refractivity contribution is 8.15. The fourth-order valence-electron chi connectivity index (χ4n) is 4.95. The first kappa shape index (κ1) is 49.5. The monoisotopic (exact) mass is 910 g/mol. The highest BCUT2D eigenvalue weighted by Gasteiger charge is 2.50. The molecule has 2 aromatic heterocycles. The van der Waals surface area contributed by atoms with Crippen LogP contribution in [0.2, 0.25) is 0 Å². The number of fused-ring (bicyclic) bond motifs is 1. The molecule has 3 rings (SSSR count). The van der Waals surface area contributed by atoms with Gasteiger partial charge in [0.1, 0.15) is 36.3 Å². The van der Waals surface area contributed by atoms with E-state index in [1.807, 2.05) is 0 Å². The largest absolute Gasteiger partial charge is 0.481 e. The van der Waals surface area contributed by atoms with Gasteiger partial charge in [-0.1, -0.05) is 25.6 Å². The number of nitrogen functional groups attached to an aromatic ring is 1. The summed E-state index contributed by atoms with van der Waals surface area (Å²) >= 11 is 0.646. The number of ketones is 1. The minimum absolute atomic E-state index is 0.0102. The Hall–Kier alpha value is -2.85. The highest BCUT2D eigenvalue weighted by Crippen LogP contribution is 2.61. The number of amides is 2. The van der Waals surface area contributed by atoms with Crippen molar-refractivity contribution in [3.63, 3.8) is 0 Å². The number of carbonyl (C=O) groups is 4. The van der Waals surface area contributed by atoms with E-state index in [0.717, 1.165) is 17.2 Å². The van der Waals surface area contributed by atoms with Gasteiger partial charge in [0.15, 0.2) is 17.7 Å². The summed E-state index contributed by atoms with van der Waals surface area (Å²) in [6.45, 7) is 0.208. The average molecular weight is 911 g/mol. The van der Waals surface area contributed by atoms with Crippen molar-refractivity contribution in [2.75, 3.05) is 44.3 Å². The van der Waals surface area contributed by atoms with E-state index >= 15 is 0 Å². The van der Waals surface area contributed by atoms with Crippen LogP contribution in [0.4, 0.5) is 5.82 Å². The van der Waals surface area contributed by atoms with Crippen LogP contribution in [-0.4, -0.2) is 146 Å². The Morgan fingerprint density at radius 1 is 1.03 bits per heavy atom. The predicted octanol–water partition coefficient (Wildman–Crippen LogP) is -2.67. The molecule has 2 aromatic rings. The molecule has 1 saturated heterocycles. The molecule has 0 aliphatic carbocycles. The minimum Gasteiger partial charge on any atom is -0.393 e. The number of ether oxygens (including phenoxy) is 1. The van der Waals surface area contributed by atoms with Crippen LogP contribution in [0.1, 0.15) is 39.3 Å². The van der Waals surface area contributed by atoms with Gasteiger partial charge in [-0.15, -0.1) is 0 Å². The van der Waals surface area contributed by atoms with Crippen molar-refractivity contribution in [2.24, 2.45) is 11.1 Å². The van der Waals surface area contributed by atoms with Crippen LogP contribution < -0.4 is 22.1 Å². The van der Waals surface area contributed by atoms with Crippen LogP contribution in [0.5, 0.6) is 0 Å². The maximum atomic E-state index is 12.7. The second-order valence-electron chi connectivity index (χ2n) is 13.1. The zero-order chi connectivity index (χ0) is 43.6. The van der Waals surface area contributed by atoms with Crippen LogP contribution in [0.25, 0.3) is 11.2 Å². The van der Waals surface area contributed by atoms with Gasteiger partial charge in [0.2, 0.25) is 17.6 Å². The van der Waals surface area contributed by atoms with Crippen molar-refractivity contribution < 1.29 is 90.4 Å². The maximum Gasteiger partial charge on any atom is 0.481 e. The molecular formula is C27H45N8O19P3S. The van der Waals surface area contributed by atoms with E-state index in [-0.39, 0.29) is 61.6 Å². The number of thioether (sulfide) groups is 1. The lowest BCUT2D eigenvalue weighted by molar-refractivity contribution is -0.137. The number of nitrogens with two attached hydrogens (primary N) is 2. The molecule has 58 heavy (non-hydrogen) atoms. The summed E-state index contributed by atoms with van der Waals surface area (Å²) in [6, 6.07) is 0. The first-order chi connectivity index (χ1) is 26.9. The van der Waals surface area contributed by atoms with Crippen LogP contribution in [0.15, 0.2) is 12.7 Å². The first-order valence-corrected chi connectivity index (χ1v) is 22.3. The zero-order valence-electron chi connectivity index (χ0n) is 30.7. The Bertz CT molecular complexity index is 1920. The van der Waals surface area contributed by atoms with E-state index in [1.54, 1.807) is 0 Å². The standard InChI is InChI=1S/C27H45N8O19P3S/c1-27(2,21(40)24(41)31-6-4-17(38)30-7-8-58-26(42)15(37)9-14(36)3-5-28)11-51-57(48,49)54-56(46,47)50-10-16-20(53-55(43,44)45)19(39)25(52-16)35-13-34-18-22(29)32-12-33-23(18)35/h12-14,16,19-21,25,36,39-40H,3-11,28H2,1-2H3,(H,30,38)(H,31,41)(H,46,47)(H,48,49)(H2,29,32,33)(H2,43,44,45)/t14?,16-,19-,20-,21+,25-/m1/s1. The van der Waals surface area contributed by atoms with E-state index in [2.05, 4.69) is 34.4 Å². The van der Waals surface area contributed by atoms with Crippen molar-refractivity contribution in [3.8, 4) is 0 Å². The fraction of sp³-hybridized carbons (Fsp3) is 0.667. The van der Waals surface area contributed by atoms with E-state index in [9.17, 15) is 67.8 Å². The Morgan fingerprint density at radius 3 is 2.36 bits per heavy atom. The van der Waals surface area contributed by atoms with Gasteiger partial charge in [0.25, 0.3) is 5.12 Å². The van der Waals surface area contributed by atoms with Gasteiger partial charge >= 0.3 is 23.5 Å². The van der Waals surface area contributed by atoms with Gasteiger partial charge in [-0.2, -0.15) is 4.31 Å². The molecule has 13 N–H and O–H groups in total. The smallest absolute Gasteiger partial charge is 0.393 e. The molecule has 27 nitrogen and oxygen atoms in total. The van der Waals surface area contributed by atoms with Crippen molar-refractivity contribution in [1.82, 2.24) is 30.2 Å². The number of nitrogens with zero attached hydrogens (tertiary/aromatic N) is 4. The molecule has 3 unspecified atom stereocenters. The molecule has 328 valence electrons. The molecule has 1 aliphatic rings. The topological polar surface area (TPSA) is 427 Å². The first-order valence-electron chi connectivity index (χ1n) is 16.8. The van der Waals surface area contributed by atoms with Crippen molar-refractivity contribution in [1.29, 1.82) is 0 Å². The van der Waals surface area contributed by atoms with Gasteiger partial charge < -0.3 is 61.7 Å². The van der Waals surface area contributed by atoms with Crippen molar-refractivity contribution in [2.45, 2.75) is 69.9 Å². The van der Waals surface area contributed by atoms with Crippen molar-refractivity contribution >= 4 is 74.9 Å². The number of aromatic nitrogens is 4. The third kappa shape index (κ3) is 15.0. The van der Waals surface area contributed by atoms with Crippen LogP contribution in [-0.2, 0) is 55.5 Å². The molecule has 1 fully saturated rings. The molecule has 31 heteroatoms. The van der Waals surface area contributed by atoms with E-state index < -0.39 is 102 Å². The quantitative estimate of drug-likeness (QED) is 0.0291.